The molecule has 0 bridgehead atoms. The molecule has 0 aliphatic carbocycles. The van der Waals surface area contributed by atoms with Gasteiger partial charge in [0.15, 0.2) is 23.1 Å². The summed E-state index contributed by atoms with van der Waals surface area (Å²) in [6, 6.07) is 16.5. The third kappa shape index (κ3) is 6.79. The first-order valence-electron chi connectivity index (χ1n) is 14.7. The number of methoxy groups -OCH3 is 2. The van der Waals surface area contributed by atoms with E-state index in [1.807, 2.05) is 6.92 Å². The average Bonchev–Trinajstić information content (AvgIpc) is 3.29. The van der Waals surface area contributed by atoms with Crippen LogP contribution >= 0.6 is 0 Å². The van der Waals surface area contributed by atoms with E-state index >= 15 is 4.39 Å². The Hall–Kier alpha value is -5.69. The van der Waals surface area contributed by atoms with Crippen molar-refractivity contribution in [3.8, 4) is 28.7 Å². The Labute approximate surface area is 269 Å². The number of hydrogen-bond donors (Lipinski definition) is 3. The fourth-order valence-electron chi connectivity index (χ4n) is 5.37. The van der Waals surface area contributed by atoms with Crippen molar-refractivity contribution in [2.24, 2.45) is 11.7 Å². The van der Waals surface area contributed by atoms with Crippen molar-refractivity contribution in [1.29, 1.82) is 0 Å². The molecule has 2 atom stereocenters. The number of nitrogens with zero attached hydrogens (tertiary/aromatic N) is 3. The van der Waals surface area contributed by atoms with Gasteiger partial charge in [0.05, 0.1) is 31.1 Å². The van der Waals surface area contributed by atoms with E-state index in [-0.39, 0.29) is 35.9 Å². The van der Waals surface area contributed by atoms with E-state index in [4.69, 9.17) is 19.9 Å². The maximum absolute atomic E-state index is 15.3. The highest BCUT2D eigenvalue weighted by molar-refractivity contribution is 6.05. The quantitative estimate of drug-likeness (QED) is 0.167. The Morgan fingerprint density at radius 3 is 2.36 bits per heavy atom. The maximum atomic E-state index is 15.3. The van der Waals surface area contributed by atoms with Crippen molar-refractivity contribution in [2.75, 3.05) is 19.5 Å². The van der Waals surface area contributed by atoms with E-state index in [1.165, 1.54) is 37.2 Å². The summed E-state index contributed by atoms with van der Waals surface area (Å²) < 4.78 is 35.0. The molecule has 0 saturated heterocycles. The molecule has 47 heavy (non-hydrogen) atoms. The second-order valence-electron chi connectivity index (χ2n) is 11.0. The Morgan fingerprint density at radius 2 is 1.70 bits per heavy atom. The lowest BCUT2D eigenvalue weighted by Gasteiger charge is -2.19. The molecule has 0 aliphatic rings. The molecule has 5 aromatic rings. The van der Waals surface area contributed by atoms with Crippen LogP contribution < -0.4 is 30.8 Å². The van der Waals surface area contributed by atoms with Gasteiger partial charge in [-0.15, -0.1) is 0 Å². The van der Waals surface area contributed by atoms with Crippen molar-refractivity contribution in [1.82, 2.24) is 14.3 Å². The summed E-state index contributed by atoms with van der Waals surface area (Å²) in [5.74, 6) is -1.72. The number of aliphatic carboxylic acids is 1. The molecule has 0 saturated carbocycles. The highest BCUT2D eigenvalue weighted by atomic mass is 19.1. The number of carboxylic acid groups (broad SMARTS) is 1. The lowest BCUT2D eigenvalue weighted by atomic mass is 10.0. The van der Waals surface area contributed by atoms with E-state index in [2.05, 4.69) is 10.3 Å². The van der Waals surface area contributed by atoms with Crippen molar-refractivity contribution >= 4 is 28.5 Å². The molecule has 1 amide bonds. The standard InChI is InChI=1S/C34H34FN5O7/c1-19(14-25(36)34(43)44)18-39-20(2)31(33(42)40(39)22-8-6-5-7-9-22)32(41)38-21-10-11-28(24(35)15-21)47-27-12-13-37-26-17-30(46-4)29(45-3)16-23(26)27/h5-13,15-17,19,25H,14,18,36H2,1-4H3,(H,38,41)(H,43,44). The van der Waals surface area contributed by atoms with Crippen LogP contribution in [0.15, 0.2) is 77.7 Å². The molecule has 3 aromatic carbocycles. The fourth-order valence-corrected chi connectivity index (χ4v) is 5.37. The van der Waals surface area contributed by atoms with Crippen molar-refractivity contribution in [3.63, 3.8) is 0 Å². The fraction of sp³-hybridized carbons (Fsp3) is 0.235. The maximum Gasteiger partial charge on any atom is 0.320 e. The number of pyridine rings is 1. The first-order valence-corrected chi connectivity index (χ1v) is 14.7. The number of rotatable bonds is 12. The van der Waals surface area contributed by atoms with E-state index in [0.717, 1.165) is 6.07 Å². The highest BCUT2D eigenvalue weighted by Crippen LogP contribution is 2.37. The number of amides is 1. The molecular formula is C34H34FN5O7. The smallest absolute Gasteiger partial charge is 0.320 e. The molecule has 0 aliphatic heterocycles. The summed E-state index contributed by atoms with van der Waals surface area (Å²) in [6.07, 6.45) is 1.68. The van der Waals surface area contributed by atoms with Gasteiger partial charge in [-0.25, -0.2) is 9.07 Å². The summed E-state index contributed by atoms with van der Waals surface area (Å²) in [6.45, 7) is 3.66. The van der Waals surface area contributed by atoms with E-state index in [9.17, 15) is 19.5 Å². The first kappa shape index (κ1) is 32.7. The summed E-state index contributed by atoms with van der Waals surface area (Å²) in [7, 11) is 3.01. The molecule has 2 unspecified atom stereocenters. The zero-order valence-corrected chi connectivity index (χ0v) is 26.2. The monoisotopic (exact) mass is 643 g/mol. The molecule has 0 spiro atoms. The number of para-hydroxylation sites is 1. The number of nitrogens with two attached hydrogens (primary N) is 1. The minimum absolute atomic E-state index is 0.101. The van der Waals surface area contributed by atoms with Crippen molar-refractivity contribution in [3.05, 3.63) is 100 Å². The minimum atomic E-state index is -1.12. The number of hydrogen-bond acceptors (Lipinski definition) is 8. The van der Waals surface area contributed by atoms with Gasteiger partial charge in [0, 0.05) is 35.9 Å². The van der Waals surface area contributed by atoms with Gasteiger partial charge >= 0.3 is 5.97 Å². The summed E-state index contributed by atoms with van der Waals surface area (Å²) >= 11 is 0. The lowest BCUT2D eigenvalue weighted by molar-refractivity contribution is -0.138. The third-order valence-electron chi connectivity index (χ3n) is 7.70. The summed E-state index contributed by atoms with van der Waals surface area (Å²) in [5, 5.41) is 12.4. The van der Waals surface area contributed by atoms with Crippen LogP contribution in [0, 0.1) is 18.7 Å². The molecule has 13 heteroatoms. The molecule has 12 nitrogen and oxygen atoms in total. The molecule has 5 rings (SSSR count). The van der Waals surface area contributed by atoms with E-state index < -0.39 is 29.3 Å². The topological polar surface area (TPSA) is 160 Å². The number of aromatic nitrogens is 3. The van der Waals surface area contributed by atoms with Crippen LogP contribution in [0.1, 0.15) is 29.4 Å². The van der Waals surface area contributed by atoms with Gasteiger partial charge < -0.3 is 30.4 Å². The molecule has 2 heterocycles. The second kappa shape index (κ2) is 13.7. The van der Waals surface area contributed by atoms with Crippen LogP contribution in [-0.4, -0.2) is 51.6 Å². The van der Waals surface area contributed by atoms with Gasteiger partial charge in [-0.05, 0) is 55.7 Å². The Bertz CT molecular complexity index is 2010. The molecule has 4 N–H and O–H groups in total. The number of carbonyl (C=O) groups excluding carboxylic acids is 1. The van der Waals surface area contributed by atoms with Crippen LogP contribution in [0.4, 0.5) is 10.1 Å². The SMILES string of the molecule is COc1cc2nccc(Oc3ccc(NC(=O)c4c(C)n(CC(C)CC(N)C(=O)O)n(-c5ccccc5)c4=O)cc3F)c2cc1OC. The minimum Gasteiger partial charge on any atom is -0.493 e. The van der Waals surface area contributed by atoms with Gasteiger partial charge in [-0.3, -0.25) is 24.0 Å². The molecular weight excluding hydrogens is 609 g/mol. The Kier molecular flexibility index (Phi) is 9.56. The third-order valence-corrected chi connectivity index (χ3v) is 7.70. The molecule has 2 aromatic heterocycles. The van der Waals surface area contributed by atoms with Gasteiger partial charge in [0.2, 0.25) is 0 Å². The van der Waals surface area contributed by atoms with Gasteiger partial charge in [0.1, 0.15) is 17.4 Å². The van der Waals surface area contributed by atoms with E-state index in [1.54, 1.807) is 60.1 Å². The van der Waals surface area contributed by atoms with Gasteiger partial charge in [-0.2, -0.15) is 0 Å². The van der Waals surface area contributed by atoms with Gasteiger partial charge in [0.25, 0.3) is 11.5 Å². The van der Waals surface area contributed by atoms with Crippen LogP contribution in [-0.2, 0) is 11.3 Å². The van der Waals surface area contributed by atoms with Crippen LogP contribution in [0.25, 0.3) is 16.6 Å². The zero-order chi connectivity index (χ0) is 33.8. The predicted molar refractivity (Wildman–Crippen MR) is 173 cm³/mol. The summed E-state index contributed by atoms with van der Waals surface area (Å²) in [5.41, 5.74) is 6.54. The number of halogens is 1. The highest BCUT2D eigenvalue weighted by Gasteiger charge is 2.26. The van der Waals surface area contributed by atoms with Gasteiger partial charge in [-0.1, -0.05) is 25.1 Å². The summed E-state index contributed by atoms with van der Waals surface area (Å²) in [4.78, 5) is 42.9. The number of ether oxygens (including phenoxy) is 3. The normalized spacial score (nSPS) is 12.4. The molecule has 0 radical (unpaired) electrons. The number of anilines is 1. The first-order chi connectivity index (χ1) is 22.5. The average molecular weight is 644 g/mol. The molecule has 244 valence electrons. The number of carbonyl (C=O) groups is 2. The number of nitrogens with one attached hydrogen (secondary N) is 1. The number of fused-ring (bicyclic) bond motifs is 1. The Balaban J connectivity index is 1.42. The predicted octanol–water partition coefficient (Wildman–Crippen LogP) is 5.13. The largest absolute Gasteiger partial charge is 0.493 e. The van der Waals surface area contributed by atoms with Crippen molar-refractivity contribution < 1.29 is 33.3 Å². The van der Waals surface area contributed by atoms with Crippen LogP contribution in [0.2, 0.25) is 0 Å². The lowest BCUT2D eigenvalue weighted by Crippen LogP contribution is -2.33. The number of benzene rings is 3. The van der Waals surface area contributed by atoms with Crippen LogP contribution in [0.3, 0.4) is 0 Å². The number of carboxylic acids is 1. The second-order valence-corrected chi connectivity index (χ2v) is 11.0. The Morgan fingerprint density at radius 1 is 1.00 bits per heavy atom. The zero-order valence-electron chi connectivity index (χ0n) is 26.2. The van der Waals surface area contributed by atoms with Crippen molar-refractivity contribution in [2.45, 2.75) is 32.9 Å². The molecule has 0 fully saturated rings. The van der Waals surface area contributed by atoms with Crippen LogP contribution in [0.5, 0.6) is 23.0 Å². The van der Waals surface area contributed by atoms with E-state index in [0.29, 0.717) is 39.5 Å².